The molecule has 1 aliphatic rings. The molecule has 2 aromatic carbocycles. The molecule has 0 radical (unpaired) electrons. The molecule has 0 aliphatic carbocycles. The number of fused-ring (bicyclic) bond motifs is 1. The van der Waals surface area contributed by atoms with Crippen molar-refractivity contribution in [2.24, 2.45) is 0 Å². The minimum Gasteiger partial charge on any atom is -0.328 e. The maximum Gasteiger partial charge on any atom is 0.227 e. The van der Waals surface area contributed by atoms with Crippen molar-refractivity contribution in [1.29, 1.82) is 0 Å². The minimum atomic E-state index is 0.0859. The largest absolute Gasteiger partial charge is 0.328 e. The van der Waals surface area contributed by atoms with Crippen molar-refractivity contribution in [1.82, 2.24) is 9.55 Å². The van der Waals surface area contributed by atoms with Gasteiger partial charge in [0.15, 0.2) is 0 Å². The second kappa shape index (κ2) is 7.73. The molecule has 1 saturated heterocycles. The van der Waals surface area contributed by atoms with Gasteiger partial charge in [-0.25, -0.2) is 4.98 Å². The molecule has 1 unspecified atom stereocenters. The van der Waals surface area contributed by atoms with Crippen molar-refractivity contribution in [2.45, 2.75) is 45.1 Å². The van der Waals surface area contributed by atoms with Crippen LogP contribution >= 0.6 is 11.6 Å². The Morgan fingerprint density at radius 2 is 1.89 bits per heavy atom. The highest BCUT2D eigenvalue weighted by Gasteiger charge is 2.35. The SMILES string of the molecule is CCCCCn1c(C2CC(=O)N(c3ccccc3Cl)C2)nc2ccccc21. The molecule has 27 heavy (non-hydrogen) atoms. The van der Waals surface area contributed by atoms with Gasteiger partial charge < -0.3 is 9.47 Å². The topological polar surface area (TPSA) is 38.1 Å². The zero-order valence-corrected chi connectivity index (χ0v) is 16.3. The molecule has 1 fully saturated rings. The number of hydrogen-bond donors (Lipinski definition) is 0. The highest BCUT2D eigenvalue weighted by Crippen LogP contribution is 2.36. The van der Waals surface area contributed by atoms with E-state index in [0.29, 0.717) is 18.0 Å². The van der Waals surface area contributed by atoms with Crippen LogP contribution in [0.3, 0.4) is 0 Å². The van der Waals surface area contributed by atoms with Crippen LogP contribution < -0.4 is 4.90 Å². The number of aryl methyl sites for hydroxylation is 1. The van der Waals surface area contributed by atoms with Gasteiger partial charge in [0, 0.05) is 25.4 Å². The number of halogens is 1. The lowest BCUT2D eigenvalue weighted by Gasteiger charge is -2.18. The third-order valence-corrected chi connectivity index (χ3v) is 5.62. The summed E-state index contributed by atoms with van der Waals surface area (Å²) in [6.07, 6.45) is 3.98. The first-order chi connectivity index (χ1) is 13.2. The molecule has 3 aromatic rings. The number of aromatic nitrogens is 2. The molecule has 1 atom stereocenters. The molecule has 4 rings (SSSR count). The first kappa shape index (κ1) is 18.1. The van der Waals surface area contributed by atoms with Crippen molar-refractivity contribution in [3.8, 4) is 0 Å². The van der Waals surface area contributed by atoms with Crippen LogP contribution in [0.1, 0.15) is 44.3 Å². The molecule has 0 spiro atoms. The lowest BCUT2D eigenvalue weighted by molar-refractivity contribution is -0.117. The standard InChI is InChI=1S/C22H24ClN3O/c1-2-3-8-13-25-20-12-7-5-10-18(20)24-22(25)16-14-21(27)26(15-16)19-11-6-4-9-17(19)23/h4-7,9-12,16H,2-3,8,13-15H2,1H3. The molecule has 4 nitrogen and oxygen atoms in total. The number of imidazole rings is 1. The van der Waals surface area contributed by atoms with Crippen LogP contribution in [0.5, 0.6) is 0 Å². The van der Waals surface area contributed by atoms with Crippen molar-refractivity contribution in [3.05, 3.63) is 59.4 Å². The predicted molar refractivity (Wildman–Crippen MR) is 110 cm³/mol. The van der Waals surface area contributed by atoms with Crippen LogP contribution in [0.4, 0.5) is 5.69 Å². The van der Waals surface area contributed by atoms with E-state index in [1.54, 1.807) is 0 Å². The number of carbonyl (C=O) groups is 1. The van der Waals surface area contributed by atoms with Crippen LogP contribution in [0.15, 0.2) is 48.5 Å². The highest BCUT2D eigenvalue weighted by atomic mass is 35.5. The van der Waals surface area contributed by atoms with Crippen molar-refractivity contribution in [3.63, 3.8) is 0 Å². The van der Waals surface area contributed by atoms with Crippen LogP contribution in [0.25, 0.3) is 11.0 Å². The molecule has 0 N–H and O–H groups in total. The summed E-state index contributed by atoms with van der Waals surface area (Å²) in [7, 11) is 0. The summed E-state index contributed by atoms with van der Waals surface area (Å²) in [6.45, 7) is 3.78. The molecule has 0 saturated carbocycles. The normalized spacial score (nSPS) is 17.2. The fraction of sp³-hybridized carbons (Fsp3) is 0.364. The smallest absolute Gasteiger partial charge is 0.227 e. The molecule has 1 aliphatic heterocycles. The average Bonchev–Trinajstić information content (AvgIpc) is 3.23. The first-order valence-corrected chi connectivity index (χ1v) is 10.1. The van der Waals surface area contributed by atoms with Gasteiger partial charge in [0.1, 0.15) is 5.82 Å². The molecule has 5 heteroatoms. The third kappa shape index (κ3) is 3.46. The fourth-order valence-electron chi connectivity index (χ4n) is 3.94. The number of carbonyl (C=O) groups excluding carboxylic acids is 1. The number of hydrogen-bond acceptors (Lipinski definition) is 2. The highest BCUT2D eigenvalue weighted by molar-refractivity contribution is 6.33. The van der Waals surface area contributed by atoms with Gasteiger partial charge in [0.05, 0.1) is 21.7 Å². The quantitative estimate of drug-likeness (QED) is 0.536. The van der Waals surface area contributed by atoms with Gasteiger partial charge in [0.25, 0.3) is 0 Å². The van der Waals surface area contributed by atoms with E-state index in [0.717, 1.165) is 35.5 Å². The molecule has 2 heterocycles. The van der Waals surface area contributed by atoms with Crippen LogP contribution in [0, 0.1) is 0 Å². The summed E-state index contributed by atoms with van der Waals surface area (Å²) >= 11 is 6.33. The van der Waals surface area contributed by atoms with Gasteiger partial charge in [-0.3, -0.25) is 4.79 Å². The van der Waals surface area contributed by atoms with Crippen molar-refractivity contribution in [2.75, 3.05) is 11.4 Å². The van der Waals surface area contributed by atoms with E-state index in [9.17, 15) is 4.79 Å². The molecule has 1 aromatic heterocycles. The van der Waals surface area contributed by atoms with Crippen LogP contribution in [-0.2, 0) is 11.3 Å². The lowest BCUT2D eigenvalue weighted by Crippen LogP contribution is -2.24. The first-order valence-electron chi connectivity index (χ1n) is 9.69. The van der Waals surface area contributed by atoms with E-state index in [1.807, 2.05) is 35.2 Å². The van der Waals surface area contributed by atoms with Crippen molar-refractivity contribution < 1.29 is 4.79 Å². The molecular weight excluding hydrogens is 358 g/mol. The third-order valence-electron chi connectivity index (χ3n) is 5.30. The summed E-state index contributed by atoms with van der Waals surface area (Å²) in [6, 6.07) is 15.8. The summed E-state index contributed by atoms with van der Waals surface area (Å²) in [5.74, 6) is 1.22. The van der Waals surface area contributed by atoms with Crippen LogP contribution in [-0.4, -0.2) is 22.0 Å². The van der Waals surface area contributed by atoms with E-state index in [-0.39, 0.29) is 11.8 Å². The van der Waals surface area contributed by atoms with Gasteiger partial charge >= 0.3 is 0 Å². The Bertz CT molecular complexity index is 965. The summed E-state index contributed by atoms with van der Waals surface area (Å²) in [5, 5.41) is 0.614. The van der Waals surface area contributed by atoms with E-state index in [2.05, 4.69) is 29.7 Å². The summed E-state index contributed by atoms with van der Waals surface area (Å²) < 4.78 is 2.32. The van der Waals surface area contributed by atoms with E-state index < -0.39 is 0 Å². The van der Waals surface area contributed by atoms with E-state index in [4.69, 9.17) is 16.6 Å². The predicted octanol–water partition coefficient (Wildman–Crippen LogP) is 5.40. The van der Waals surface area contributed by atoms with E-state index >= 15 is 0 Å². The van der Waals surface area contributed by atoms with Gasteiger partial charge in [-0.05, 0) is 30.7 Å². The van der Waals surface area contributed by atoms with Gasteiger partial charge in [-0.2, -0.15) is 0 Å². The Morgan fingerprint density at radius 3 is 2.70 bits per heavy atom. The average molecular weight is 382 g/mol. The van der Waals surface area contributed by atoms with Gasteiger partial charge in [0.2, 0.25) is 5.91 Å². The summed E-state index contributed by atoms with van der Waals surface area (Å²) in [5.41, 5.74) is 2.96. The number of anilines is 1. The number of unbranched alkanes of at least 4 members (excludes halogenated alkanes) is 2. The Hall–Kier alpha value is -2.33. The lowest BCUT2D eigenvalue weighted by atomic mass is 10.1. The number of benzene rings is 2. The van der Waals surface area contributed by atoms with Crippen LogP contribution in [0.2, 0.25) is 5.02 Å². The van der Waals surface area contributed by atoms with Gasteiger partial charge in [-0.15, -0.1) is 0 Å². The maximum absolute atomic E-state index is 12.7. The molecule has 140 valence electrons. The second-order valence-electron chi connectivity index (χ2n) is 7.17. The number of rotatable bonds is 6. The Labute approximate surface area is 164 Å². The monoisotopic (exact) mass is 381 g/mol. The second-order valence-corrected chi connectivity index (χ2v) is 7.58. The maximum atomic E-state index is 12.7. The molecule has 0 bridgehead atoms. The number of nitrogens with zero attached hydrogens (tertiary/aromatic N) is 3. The summed E-state index contributed by atoms with van der Waals surface area (Å²) in [4.78, 5) is 19.4. The zero-order chi connectivity index (χ0) is 18.8. The van der Waals surface area contributed by atoms with E-state index in [1.165, 1.54) is 12.8 Å². The Kier molecular flexibility index (Phi) is 5.17. The molecule has 1 amide bonds. The number of para-hydroxylation sites is 3. The fourth-order valence-corrected chi connectivity index (χ4v) is 4.18. The van der Waals surface area contributed by atoms with Crippen molar-refractivity contribution >= 4 is 34.2 Å². The Balaban J connectivity index is 1.67. The van der Waals surface area contributed by atoms with Gasteiger partial charge in [-0.1, -0.05) is 55.6 Å². The zero-order valence-electron chi connectivity index (χ0n) is 15.6. The molecular formula is C22H24ClN3O. The number of amides is 1. The minimum absolute atomic E-state index is 0.0859. The Morgan fingerprint density at radius 1 is 1.11 bits per heavy atom.